The second kappa shape index (κ2) is 5.55. The van der Waals surface area contributed by atoms with Crippen molar-refractivity contribution < 1.29 is 4.42 Å². The first-order valence-electron chi connectivity index (χ1n) is 7.78. The molecule has 2 aromatic heterocycles. The van der Waals surface area contributed by atoms with E-state index in [1.54, 1.807) is 6.26 Å². The number of benzene rings is 1. The van der Waals surface area contributed by atoms with Crippen LogP contribution in [-0.2, 0) is 0 Å². The number of furan rings is 1. The van der Waals surface area contributed by atoms with Gasteiger partial charge in [-0.1, -0.05) is 30.3 Å². The number of nitrogens with one attached hydrogen (secondary N) is 1. The van der Waals surface area contributed by atoms with Gasteiger partial charge < -0.3 is 20.4 Å². The third-order valence-corrected chi connectivity index (χ3v) is 4.40. The Hall–Kier alpha value is -2.60. The Morgan fingerprint density at radius 3 is 2.83 bits per heavy atom. The van der Waals surface area contributed by atoms with Crippen molar-refractivity contribution in [2.45, 2.75) is 12.5 Å². The van der Waals surface area contributed by atoms with Crippen LogP contribution in [-0.4, -0.2) is 36.1 Å². The minimum Gasteiger partial charge on any atom is -0.458 e. The summed E-state index contributed by atoms with van der Waals surface area (Å²) >= 11 is 0. The maximum atomic E-state index is 5.96. The van der Waals surface area contributed by atoms with E-state index in [1.165, 1.54) is 0 Å². The van der Waals surface area contributed by atoms with Crippen LogP contribution in [0, 0.1) is 0 Å². The Kier molecular flexibility index (Phi) is 3.38. The molecular weight excluding hydrogens is 290 g/mol. The van der Waals surface area contributed by atoms with Gasteiger partial charge in [-0.15, -0.1) is 0 Å². The molecule has 6 nitrogen and oxygen atoms in total. The SMILES string of the molecule is CNC1CCN(c2nc(N)nc3c(-c4ccccc4)coc23)C1. The summed E-state index contributed by atoms with van der Waals surface area (Å²) in [5.74, 6) is 1.06. The molecule has 23 heavy (non-hydrogen) atoms. The van der Waals surface area contributed by atoms with Crippen molar-refractivity contribution in [2.24, 2.45) is 0 Å². The van der Waals surface area contributed by atoms with Crippen molar-refractivity contribution in [1.29, 1.82) is 0 Å². The van der Waals surface area contributed by atoms with Crippen molar-refractivity contribution in [1.82, 2.24) is 15.3 Å². The average Bonchev–Trinajstić information content (AvgIpc) is 3.21. The summed E-state index contributed by atoms with van der Waals surface area (Å²) in [6.07, 6.45) is 2.82. The van der Waals surface area contributed by atoms with Crippen LogP contribution in [0.5, 0.6) is 0 Å². The molecule has 1 atom stereocenters. The maximum absolute atomic E-state index is 5.96. The number of nitrogens with two attached hydrogens (primary N) is 1. The zero-order chi connectivity index (χ0) is 15.8. The van der Waals surface area contributed by atoms with E-state index in [-0.39, 0.29) is 5.95 Å². The third kappa shape index (κ3) is 2.41. The molecule has 118 valence electrons. The van der Waals surface area contributed by atoms with Crippen LogP contribution >= 0.6 is 0 Å². The fourth-order valence-corrected chi connectivity index (χ4v) is 3.15. The molecule has 1 aromatic carbocycles. The second-order valence-electron chi connectivity index (χ2n) is 5.82. The molecule has 1 aliphatic rings. The van der Waals surface area contributed by atoms with Crippen molar-refractivity contribution in [3.8, 4) is 11.1 Å². The van der Waals surface area contributed by atoms with Crippen LogP contribution in [0.2, 0.25) is 0 Å². The number of likely N-dealkylation sites (N-methyl/N-ethyl adjacent to an activating group) is 1. The van der Waals surface area contributed by atoms with E-state index >= 15 is 0 Å². The van der Waals surface area contributed by atoms with Crippen LogP contribution in [0.25, 0.3) is 22.2 Å². The highest BCUT2D eigenvalue weighted by Gasteiger charge is 2.26. The third-order valence-electron chi connectivity index (χ3n) is 4.40. The molecule has 0 aliphatic carbocycles. The largest absolute Gasteiger partial charge is 0.458 e. The number of hydrogen-bond donors (Lipinski definition) is 2. The quantitative estimate of drug-likeness (QED) is 0.772. The molecule has 0 bridgehead atoms. The van der Waals surface area contributed by atoms with Gasteiger partial charge in [0.25, 0.3) is 0 Å². The van der Waals surface area contributed by atoms with Gasteiger partial charge in [0.2, 0.25) is 5.95 Å². The van der Waals surface area contributed by atoms with Gasteiger partial charge in [-0.3, -0.25) is 0 Å². The molecule has 1 aliphatic heterocycles. The fourth-order valence-electron chi connectivity index (χ4n) is 3.15. The number of nitrogen functional groups attached to an aromatic ring is 1. The Morgan fingerprint density at radius 2 is 2.09 bits per heavy atom. The maximum Gasteiger partial charge on any atom is 0.222 e. The van der Waals surface area contributed by atoms with Gasteiger partial charge in [0, 0.05) is 24.7 Å². The first kappa shape index (κ1) is 14.0. The first-order valence-corrected chi connectivity index (χ1v) is 7.78. The number of nitrogens with zero attached hydrogens (tertiary/aromatic N) is 3. The van der Waals surface area contributed by atoms with E-state index in [4.69, 9.17) is 10.2 Å². The zero-order valence-electron chi connectivity index (χ0n) is 13.0. The topological polar surface area (TPSA) is 80.2 Å². The van der Waals surface area contributed by atoms with Crippen molar-refractivity contribution in [2.75, 3.05) is 30.8 Å². The molecule has 4 rings (SSSR count). The lowest BCUT2D eigenvalue weighted by molar-refractivity contribution is 0.608. The predicted molar refractivity (Wildman–Crippen MR) is 91.3 cm³/mol. The van der Waals surface area contributed by atoms with E-state index in [2.05, 4.69) is 20.2 Å². The minimum absolute atomic E-state index is 0.277. The highest BCUT2D eigenvalue weighted by Crippen LogP contribution is 2.35. The van der Waals surface area contributed by atoms with Crippen molar-refractivity contribution in [3.05, 3.63) is 36.6 Å². The number of aromatic nitrogens is 2. The monoisotopic (exact) mass is 309 g/mol. The second-order valence-corrected chi connectivity index (χ2v) is 5.82. The van der Waals surface area contributed by atoms with Gasteiger partial charge in [0.1, 0.15) is 11.8 Å². The Balaban J connectivity index is 1.83. The molecule has 6 heteroatoms. The lowest BCUT2D eigenvalue weighted by Crippen LogP contribution is -2.30. The number of fused-ring (bicyclic) bond motifs is 1. The van der Waals surface area contributed by atoms with E-state index in [0.29, 0.717) is 11.6 Å². The lowest BCUT2D eigenvalue weighted by Gasteiger charge is -2.17. The Labute approximate surface area is 134 Å². The van der Waals surface area contributed by atoms with Gasteiger partial charge in [-0.2, -0.15) is 4.98 Å². The summed E-state index contributed by atoms with van der Waals surface area (Å²) in [6.45, 7) is 1.82. The number of hydrogen-bond acceptors (Lipinski definition) is 6. The van der Waals surface area contributed by atoms with E-state index in [0.717, 1.165) is 42.0 Å². The highest BCUT2D eigenvalue weighted by molar-refractivity contribution is 5.96. The summed E-state index contributed by atoms with van der Waals surface area (Å²) in [7, 11) is 1.98. The van der Waals surface area contributed by atoms with E-state index in [1.807, 2.05) is 37.4 Å². The van der Waals surface area contributed by atoms with Gasteiger partial charge in [0.05, 0.1) is 0 Å². The van der Waals surface area contributed by atoms with Crippen LogP contribution in [0.4, 0.5) is 11.8 Å². The molecule has 1 unspecified atom stereocenters. The van der Waals surface area contributed by atoms with Gasteiger partial charge in [0.15, 0.2) is 11.4 Å². The molecule has 3 N–H and O–H groups in total. The summed E-state index contributed by atoms with van der Waals surface area (Å²) in [5, 5.41) is 3.31. The molecule has 0 saturated carbocycles. The Bertz CT molecular complexity index is 830. The van der Waals surface area contributed by atoms with Crippen LogP contribution in [0.15, 0.2) is 41.0 Å². The summed E-state index contributed by atoms with van der Waals surface area (Å²) in [6, 6.07) is 10.5. The molecule has 0 radical (unpaired) electrons. The van der Waals surface area contributed by atoms with E-state index in [9.17, 15) is 0 Å². The van der Waals surface area contributed by atoms with E-state index < -0.39 is 0 Å². The zero-order valence-corrected chi connectivity index (χ0v) is 13.0. The van der Waals surface area contributed by atoms with Gasteiger partial charge >= 0.3 is 0 Å². The standard InChI is InChI=1S/C17H19N5O/c1-19-12-7-8-22(9-12)16-15-14(20-17(18)21-16)13(10-23-15)11-5-3-2-4-6-11/h2-6,10,12,19H,7-9H2,1H3,(H2,18,20,21). The summed E-state index contributed by atoms with van der Waals surface area (Å²) < 4.78 is 5.83. The van der Waals surface area contributed by atoms with Gasteiger partial charge in [-0.05, 0) is 19.0 Å². The molecular formula is C17H19N5O. The number of anilines is 2. The highest BCUT2D eigenvalue weighted by atomic mass is 16.3. The molecule has 0 spiro atoms. The van der Waals surface area contributed by atoms with Gasteiger partial charge in [-0.25, -0.2) is 4.98 Å². The average molecular weight is 309 g/mol. The Morgan fingerprint density at radius 1 is 1.26 bits per heavy atom. The summed E-state index contributed by atoms with van der Waals surface area (Å²) in [4.78, 5) is 11.1. The van der Waals surface area contributed by atoms with Crippen LogP contribution < -0.4 is 16.0 Å². The molecule has 3 aromatic rings. The number of rotatable bonds is 3. The molecule has 1 saturated heterocycles. The summed E-state index contributed by atoms with van der Waals surface area (Å²) in [5.41, 5.74) is 9.44. The van der Waals surface area contributed by atoms with Crippen LogP contribution in [0.3, 0.4) is 0 Å². The minimum atomic E-state index is 0.277. The first-order chi connectivity index (χ1) is 11.3. The van der Waals surface area contributed by atoms with Crippen molar-refractivity contribution >= 4 is 22.9 Å². The lowest BCUT2D eigenvalue weighted by atomic mass is 10.1. The predicted octanol–water partition coefficient (Wildman–Crippen LogP) is 2.27. The molecule has 1 fully saturated rings. The molecule has 3 heterocycles. The van der Waals surface area contributed by atoms with Crippen LogP contribution in [0.1, 0.15) is 6.42 Å². The smallest absolute Gasteiger partial charge is 0.222 e. The van der Waals surface area contributed by atoms with Crippen molar-refractivity contribution in [3.63, 3.8) is 0 Å². The fraction of sp³-hybridized carbons (Fsp3) is 0.294. The normalized spacial score (nSPS) is 18.0. The molecule has 0 amide bonds.